The van der Waals surface area contributed by atoms with Gasteiger partial charge in [-0.05, 0) is 17.4 Å². The van der Waals surface area contributed by atoms with Crippen LogP contribution in [0, 0.1) is 0 Å². The first-order valence-corrected chi connectivity index (χ1v) is 4.20. The number of benzene rings is 1. The summed E-state index contributed by atoms with van der Waals surface area (Å²) in [7, 11) is 2.25. The molecule has 78 valence electrons. The number of halogens is 4. The van der Waals surface area contributed by atoms with E-state index in [-0.39, 0.29) is 5.75 Å². The van der Waals surface area contributed by atoms with Crippen LogP contribution in [0.3, 0.4) is 0 Å². The maximum atomic E-state index is 12.4. The lowest BCUT2D eigenvalue weighted by Gasteiger charge is -2.16. The zero-order chi connectivity index (χ0) is 10.8. The van der Waals surface area contributed by atoms with Gasteiger partial charge in [0.25, 0.3) is 0 Å². The van der Waals surface area contributed by atoms with E-state index >= 15 is 0 Å². The molecule has 0 heterocycles. The lowest BCUT2D eigenvalue weighted by Crippen LogP contribution is -2.33. The number of hydrogen-bond donors (Lipinski definition) is 0. The summed E-state index contributed by atoms with van der Waals surface area (Å²) in [5, 5.41) is 0.576. The minimum atomic E-state index is -4.45. The van der Waals surface area contributed by atoms with E-state index in [0.717, 1.165) is 0 Å². The predicted octanol–water partition coefficient (Wildman–Crippen LogP) is 2.42. The van der Waals surface area contributed by atoms with E-state index in [0.29, 0.717) is 5.30 Å². The topological polar surface area (TPSA) is 9.23 Å². The minimum Gasteiger partial charge on any atom is -0.428 e. The van der Waals surface area contributed by atoms with E-state index in [4.69, 9.17) is 0 Å². The highest BCUT2D eigenvalue weighted by Gasteiger charge is 2.43. The maximum absolute atomic E-state index is 12.4. The SMILES string of the molecule is FC(F)C(F)(F)Oc1cccc(P)c1. The van der Waals surface area contributed by atoms with Gasteiger partial charge in [0.15, 0.2) is 0 Å². The average molecular weight is 226 g/mol. The fourth-order valence-corrected chi connectivity index (χ4v) is 1.06. The van der Waals surface area contributed by atoms with Crippen LogP contribution in [0.4, 0.5) is 17.6 Å². The molecule has 0 bridgehead atoms. The van der Waals surface area contributed by atoms with Gasteiger partial charge in [-0.15, -0.1) is 9.24 Å². The third kappa shape index (κ3) is 2.84. The Labute approximate surface area is 80.3 Å². The Bertz CT molecular complexity index is 316. The van der Waals surface area contributed by atoms with Crippen LogP contribution < -0.4 is 10.0 Å². The van der Waals surface area contributed by atoms with Gasteiger partial charge < -0.3 is 4.74 Å². The Morgan fingerprint density at radius 3 is 2.43 bits per heavy atom. The molecule has 1 aromatic carbocycles. The van der Waals surface area contributed by atoms with Crippen molar-refractivity contribution in [3.8, 4) is 5.75 Å². The Morgan fingerprint density at radius 2 is 1.93 bits per heavy atom. The summed E-state index contributed by atoms with van der Waals surface area (Å²) in [4.78, 5) is 0. The van der Waals surface area contributed by atoms with Crippen molar-refractivity contribution in [2.24, 2.45) is 0 Å². The molecular formula is C8H7F4OP. The standard InChI is InChI=1S/C8H7F4OP/c9-7(10)8(11,12)13-5-2-1-3-6(14)4-5/h1-4,7H,14H2. The lowest BCUT2D eigenvalue weighted by atomic mass is 10.3. The molecule has 1 nitrogen and oxygen atoms in total. The first-order valence-electron chi connectivity index (χ1n) is 3.62. The Hall–Kier alpha value is -0.830. The van der Waals surface area contributed by atoms with Crippen molar-refractivity contribution < 1.29 is 22.3 Å². The van der Waals surface area contributed by atoms with Crippen molar-refractivity contribution in [1.82, 2.24) is 0 Å². The largest absolute Gasteiger partial charge is 0.461 e. The highest BCUT2D eigenvalue weighted by molar-refractivity contribution is 7.27. The zero-order valence-corrected chi connectivity index (χ0v) is 8.04. The average Bonchev–Trinajstić information content (AvgIpc) is 2.02. The van der Waals surface area contributed by atoms with Crippen LogP contribution in [-0.4, -0.2) is 12.5 Å². The molecule has 1 rings (SSSR count). The number of ether oxygens (including phenoxy) is 1. The molecule has 0 spiro atoms. The van der Waals surface area contributed by atoms with E-state index in [1.807, 2.05) is 0 Å². The molecule has 1 aromatic rings. The molecule has 1 unspecified atom stereocenters. The van der Waals surface area contributed by atoms with Crippen molar-refractivity contribution in [3.05, 3.63) is 24.3 Å². The van der Waals surface area contributed by atoms with Crippen LogP contribution in [0.2, 0.25) is 0 Å². The molecule has 0 saturated carbocycles. The quantitative estimate of drug-likeness (QED) is 0.568. The molecule has 6 heteroatoms. The third-order valence-corrected chi connectivity index (χ3v) is 1.73. The summed E-state index contributed by atoms with van der Waals surface area (Å²) >= 11 is 0. The zero-order valence-electron chi connectivity index (χ0n) is 6.88. The van der Waals surface area contributed by atoms with Gasteiger partial charge >= 0.3 is 12.5 Å². The summed E-state index contributed by atoms with van der Waals surface area (Å²) in [5.74, 6) is -0.289. The number of alkyl halides is 4. The summed E-state index contributed by atoms with van der Waals surface area (Å²) in [6, 6.07) is 5.45. The Kier molecular flexibility index (Phi) is 3.32. The summed E-state index contributed by atoms with van der Waals surface area (Å²) < 4.78 is 52.1. The third-order valence-electron chi connectivity index (χ3n) is 1.37. The Balaban J connectivity index is 2.78. The van der Waals surface area contributed by atoms with Crippen LogP contribution >= 0.6 is 9.24 Å². The molecule has 0 aliphatic carbocycles. The predicted molar refractivity (Wildman–Crippen MR) is 47.4 cm³/mol. The summed E-state index contributed by atoms with van der Waals surface area (Å²) in [5.41, 5.74) is 0. The van der Waals surface area contributed by atoms with Crippen LogP contribution in [0.25, 0.3) is 0 Å². The maximum Gasteiger partial charge on any atom is 0.461 e. The second kappa shape index (κ2) is 4.13. The molecule has 0 aliphatic rings. The first-order chi connectivity index (χ1) is 6.42. The molecule has 14 heavy (non-hydrogen) atoms. The van der Waals surface area contributed by atoms with Gasteiger partial charge in [0, 0.05) is 0 Å². The molecule has 0 aliphatic heterocycles. The Morgan fingerprint density at radius 1 is 1.29 bits per heavy atom. The van der Waals surface area contributed by atoms with Gasteiger partial charge in [0.2, 0.25) is 0 Å². The van der Waals surface area contributed by atoms with Crippen LogP contribution in [0.15, 0.2) is 24.3 Å². The molecule has 1 atom stereocenters. The van der Waals surface area contributed by atoms with Gasteiger partial charge in [-0.2, -0.15) is 17.6 Å². The van der Waals surface area contributed by atoms with E-state index < -0.39 is 12.5 Å². The normalized spacial score (nSPS) is 11.9. The van der Waals surface area contributed by atoms with Gasteiger partial charge in [-0.1, -0.05) is 12.1 Å². The van der Waals surface area contributed by atoms with Crippen LogP contribution in [0.1, 0.15) is 0 Å². The van der Waals surface area contributed by atoms with Crippen molar-refractivity contribution in [2.45, 2.75) is 12.5 Å². The second-order valence-electron chi connectivity index (χ2n) is 2.54. The molecule has 0 fully saturated rings. The monoisotopic (exact) mass is 226 g/mol. The van der Waals surface area contributed by atoms with Crippen molar-refractivity contribution in [3.63, 3.8) is 0 Å². The van der Waals surface area contributed by atoms with Crippen LogP contribution in [-0.2, 0) is 0 Å². The molecule has 0 aromatic heterocycles. The van der Waals surface area contributed by atoms with Crippen molar-refractivity contribution in [2.75, 3.05) is 0 Å². The van der Waals surface area contributed by atoms with Gasteiger partial charge in [-0.3, -0.25) is 0 Å². The molecule has 0 N–H and O–H groups in total. The lowest BCUT2D eigenvalue weighted by molar-refractivity contribution is -0.253. The van der Waals surface area contributed by atoms with Crippen LogP contribution in [0.5, 0.6) is 5.75 Å². The second-order valence-corrected chi connectivity index (χ2v) is 3.20. The van der Waals surface area contributed by atoms with Crippen molar-refractivity contribution in [1.29, 1.82) is 0 Å². The number of hydrogen-bond acceptors (Lipinski definition) is 1. The number of rotatable bonds is 3. The highest BCUT2D eigenvalue weighted by Crippen LogP contribution is 2.26. The fraction of sp³-hybridized carbons (Fsp3) is 0.250. The summed E-state index contributed by atoms with van der Waals surface area (Å²) in [6.07, 6.45) is -8.28. The smallest absolute Gasteiger partial charge is 0.428 e. The van der Waals surface area contributed by atoms with Gasteiger partial charge in [0.05, 0.1) is 0 Å². The summed E-state index contributed by atoms with van der Waals surface area (Å²) in [6.45, 7) is 0. The van der Waals surface area contributed by atoms with Gasteiger partial charge in [0.1, 0.15) is 5.75 Å². The van der Waals surface area contributed by atoms with E-state index in [2.05, 4.69) is 14.0 Å². The molecule has 0 amide bonds. The fourth-order valence-electron chi connectivity index (χ4n) is 0.780. The van der Waals surface area contributed by atoms with Gasteiger partial charge in [-0.25, -0.2) is 0 Å². The molecule has 0 radical (unpaired) electrons. The van der Waals surface area contributed by atoms with E-state index in [1.165, 1.54) is 18.2 Å². The van der Waals surface area contributed by atoms with E-state index in [1.54, 1.807) is 6.07 Å². The highest BCUT2D eigenvalue weighted by atomic mass is 31.0. The first kappa shape index (κ1) is 11.2. The van der Waals surface area contributed by atoms with E-state index in [9.17, 15) is 17.6 Å². The molecular weight excluding hydrogens is 219 g/mol. The molecule has 0 saturated heterocycles. The minimum absolute atomic E-state index is 0.289. The van der Waals surface area contributed by atoms with Crippen molar-refractivity contribution >= 4 is 14.5 Å².